The van der Waals surface area contributed by atoms with Crippen LogP contribution in [0.4, 0.5) is 0 Å². The zero-order valence-corrected chi connectivity index (χ0v) is 17.4. The van der Waals surface area contributed by atoms with Gasteiger partial charge in [0.05, 0.1) is 0 Å². The van der Waals surface area contributed by atoms with Crippen molar-refractivity contribution in [2.75, 3.05) is 0 Å². The van der Waals surface area contributed by atoms with Gasteiger partial charge >= 0.3 is 132 Å². The van der Waals surface area contributed by atoms with Crippen molar-refractivity contribution in [3.05, 3.63) is 20.6 Å². The van der Waals surface area contributed by atoms with Crippen LogP contribution in [0, 0.1) is 5.92 Å². The molecule has 0 aromatic carbocycles. The van der Waals surface area contributed by atoms with Crippen molar-refractivity contribution >= 4 is 8.07 Å². The van der Waals surface area contributed by atoms with Crippen LogP contribution in [0.1, 0.15) is 39.5 Å². The third kappa shape index (κ3) is 3.25. The first-order valence-electron chi connectivity index (χ1n) is 8.61. The summed E-state index contributed by atoms with van der Waals surface area (Å²) in [6.07, 6.45) is 5.67. The SMILES string of the molecule is CC[Si](C)(C)CC1C2=C(CCCC2)C(C)=[C]1[Ti]([CH3])([CH3])[CH3]. The summed E-state index contributed by atoms with van der Waals surface area (Å²) < 4.78 is 1.98. The van der Waals surface area contributed by atoms with Gasteiger partial charge in [0.2, 0.25) is 0 Å². The van der Waals surface area contributed by atoms with Gasteiger partial charge in [-0.3, -0.25) is 0 Å². The van der Waals surface area contributed by atoms with Crippen molar-refractivity contribution in [1.82, 2.24) is 0 Å². The van der Waals surface area contributed by atoms with E-state index in [4.69, 9.17) is 0 Å². The summed E-state index contributed by atoms with van der Waals surface area (Å²) in [6.45, 7) is 10.1. The van der Waals surface area contributed by atoms with Crippen LogP contribution >= 0.6 is 0 Å². The van der Waals surface area contributed by atoms with Gasteiger partial charge in [0.25, 0.3) is 0 Å². The molecule has 0 aliphatic heterocycles. The fourth-order valence-corrected chi connectivity index (χ4v) is 10.6. The van der Waals surface area contributed by atoms with Gasteiger partial charge in [-0.25, -0.2) is 0 Å². The molecule has 0 saturated heterocycles. The van der Waals surface area contributed by atoms with Crippen LogP contribution in [0.5, 0.6) is 0 Å². The molecule has 0 amide bonds. The summed E-state index contributed by atoms with van der Waals surface area (Å²) in [5.74, 6) is 0.881. The zero-order valence-electron chi connectivity index (χ0n) is 14.8. The fraction of sp³-hybridized carbons (Fsp3) is 0.778. The maximum atomic E-state index is 2.62. The molecule has 114 valence electrons. The van der Waals surface area contributed by atoms with Gasteiger partial charge < -0.3 is 0 Å². The van der Waals surface area contributed by atoms with E-state index in [9.17, 15) is 0 Å². The molecule has 20 heavy (non-hydrogen) atoms. The summed E-state index contributed by atoms with van der Waals surface area (Å²) in [7, 11) is -1.01. The van der Waals surface area contributed by atoms with Crippen LogP contribution in [0.15, 0.2) is 20.6 Å². The van der Waals surface area contributed by atoms with Crippen molar-refractivity contribution in [3.8, 4) is 0 Å². The molecule has 0 fully saturated rings. The Morgan fingerprint density at radius 1 is 1.10 bits per heavy atom. The Balaban J connectivity index is 2.41. The molecule has 0 aromatic rings. The first-order chi connectivity index (χ1) is 9.17. The molecule has 0 heterocycles. The summed E-state index contributed by atoms with van der Waals surface area (Å²) in [5, 5.41) is 7.85. The molecule has 2 aliphatic carbocycles. The summed E-state index contributed by atoms with van der Waals surface area (Å²) in [5.41, 5.74) is 5.48. The van der Waals surface area contributed by atoms with Crippen LogP contribution in [0.3, 0.4) is 0 Å². The Morgan fingerprint density at radius 3 is 2.25 bits per heavy atom. The number of hydrogen-bond donors (Lipinski definition) is 0. The van der Waals surface area contributed by atoms with Crippen LogP contribution in [-0.4, -0.2) is 8.07 Å². The molecule has 2 heteroatoms. The second kappa shape index (κ2) is 5.89. The van der Waals surface area contributed by atoms with Gasteiger partial charge in [-0.15, -0.1) is 0 Å². The quantitative estimate of drug-likeness (QED) is 0.499. The van der Waals surface area contributed by atoms with Gasteiger partial charge in [0, 0.05) is 0 Å². The maximum absolute atomic E-state index is 2.62. The summed E-state index contributed by atoms with van der Waals surface area (Å²) >= 11 is -1.73. The molecule has 0 nitrogen and oxygen atoms in total. The van der Waals surface area contributed by atoms with E-state index < -0.39 is 24.7 Å². The molecule has 0 radical (unpaired) electrons. The minimum atomic E-state index is -1.73. The molecule has 0 saturated carbocycles. The Bertz CT molecular complexity index is 449. The van der Waals surface area contributed by atoms with E-state index >= 15 is 0 Å². The molecule has 0 aromatic heterocycles. The van der Waals surface area contributed by atoms with Crippen molar-refractivity contribution in [2.24, 2.45) is 5.92 Å². The third-order valence-corrected chi connectivity index (χ3v) is 12.7. The molecule has 1 unspecified atom stereocenters. The Labute approximate surface area is 131 Å². The Kier molecular flexibility index (Phi) is 4.94. The van der Waals surface area contributed by atoms with Gasteiger partial charge in [0.1, 0.15) is 0 Å². The normalized spacial score (nSPS) is 24.4. The molecule has 1 atom stereocenters. The van der Waals surface area contributed by atoms with Crippen molar-refractivity contribution < 1.29 is 16.6 Å². The molecule has 2 rings (SSSR count). The van der Waals surface area contributed by atoms with Gasteiger partial charge in [-0.2, -0.15) is 0 Å². The minimum absolute atomic E-state index is 0.881. The van der Waals surface area contributed by atoms with Gasteiger partial charge in [-0.05, 0) is 0 Å². The second-order valence-electron chi connectivity index (χ2n) is 8.77. The predicted molar refractivity (Wildman–Crippen MR) is 92.0 cm³/mol. The summed E-state index contributed by atoms with van der Waals surface area (Å²) in [6, 6.07) is 2.97. The van der Waals surface area contributed by atoms with Crippen LogP contribution in [0.25, 0.3) is 0 Å². The molecular weight excluding hydrogens is 292 g/mol. The van der Waals surface area contributed by atoms with Crippen LogP contribution in [0.2, 0.25) is 40.9 Å². The average Bonchev–Trinajstić information content (AvgIpc) is 2.62. The van der Waals surface area contributed by atoms with E-state index in [1.165, 1.54) is 37.8 Å². The van der Waals surface area contributed by atoms with Crippen molar-refractivity contribution in [2.45, 2.75) is 80.4 Å². The van der Waals surface area contributed by atoms with E-state index in [1.807, 2.05) is 15.0 Å². The molecule has 0 spiro atoms. The van der Waals surface area contributed by atoms with E-state index in [-0.39, 0.29) is 0 Å². The van der Waals surface area contributed by atoms with E-state index in [0.29, 0.717) is 0 Å². The molecule has 2 aliphatic rings. The van der Waals surface area contributed by atoms with E-state index in [0.717, 1.165) is 5.92 Å². The molecular formula is C18H34SiTi. The van der Waals surface area contributed by atoms with E-state index in [1.54, 1.807) is 5.57 Å². The third-order valence-electron chi connectivity index (χ3n) is 5.66. The van der Waals surface area contributed by atoms with Crippen molar-refractivity contribution in [3.63, 3.8) is 0 Å². The van der Waals surface area contributed by atoms with Crippen LogP contribution < -0.4 is 0 Å². The Hall–Kier alpha value is 0.411. The first kappa shape index (κ1) is 16.8. The number of allylic oxidation sites excluding steroid dienone is 4. The first-order valence-corrected chi connectivity index (χ1v) is 17.5. The topological polar surface area (TPSA) is 0 Å². The monoisotopic (exact) mass is 326 g/mol. The van der Waals surface area contributed by atoms with Gasteiger partial charge in [0.15, 0.2) is 0 Å². The average molecular weight is 326 g/mol. The second-order valence-corrected chi connectivity index (χ2v) is 22.1. The Morgan fingerprint density at radius 2 is 1.70 bits per heavy atom. The standard InChI is InChI=1S/C15H25Si.3CH3.Ti/c1-5-16(3,4)11-13-10-12(2)14-8-6-7-9-15(13)14;;;;/h13H,5-9,11H2,1-4H3;3*1H3;. The van der Waals surface area contributed by atoms with Crippen molar-refractivity contribution in [1.29, 1.82) is 0 Å². The number of rotatable bonds is 4. The molecule has 0 bridgehead atoms. The van der Waals surface area contributed by atoms with E-state index in [2.05, 4.69) is 42.6 Å². The van der Waals surface area contributed by atoms with Gasteiger partial charge in [-0.1, -0.05) is 0 Å². The number of hydrogen-bond acceptors (Lipinski definition) is 0. The summed E-state index contributed by atoms with van der Waals surface area (Å²) in [4.78, 5) is 0. The zero-order chi connectivity index (χ0) is 15.1. The predicted octanol–water partition coefficient (Wildman–Crippen LogP) is 6.79. The fourth-order valence-electron chi connectivity index (χ4n) is 4.35. The van der Waals surface area contributed by atoms with Crippen LogP contribution in [-0.2, 0) is 16.6 Å². The molecule has 0 N–H and O–H groups in total.